The maximum atomic E-state index is 12.4. The zero-order chi connectivity index (χ0) is 15.5. The molecule has 5 nitrogen and oxygen atoms in total. The summed E-state index contributed by atoms with van der Waals surface area (Å²) in [5.74, 6) is -0.0446. The molecule has 1 fully saturated rings. The van der Waals surface area contributed by atoms with Crippen LogP contribution in [0.5, 0.6) is 0 Å². The molecule has 1 aliphatic carbocycles. The largest absolute Gasteiger partial charge is 0.341 e. The Morgan fingerprint density at radius 2 is 2.00 bits per heavy atom. The van der Waals surface area contributed by atoms with Gasteiger partial charge >= 0.3 is 0 Å². The Hall–Kier alpha value is -2.17. The van der Waals surface area contributed by atoms with E-state index in [0.29, 0.717) is 11.4 Å². The summed E-state index contributed by atoms with van der Waals surface area (Å²) in [4.78, 5) is 26.6. The molecule has 0 saturated heterocycles. The Labute approximate surface area is 129 Å². The van der Waals surface area contributed by atoms with Crippen LogP contribution in [0.4, 0.5) is 0 Å². The van der Waals surface area contributed by atoms with Gasteiger partial charge in [0.2, 0.25) is 5.91 Å². The van der Waals surface area contributed by atoms with E-state index in [9.17, 15) is 9.59 Å². The highest BCUT2D eigenvalue weighted by Gasteiger charge is 2.22. The molecule has 1 aromatic heterocycles. The molecule has 5 heteroatoms. The molecule has 0 bridgehead atoms. The van der Waals surface area contributed by atoms with Gasteiger partial charge in [-0.3, -0.25) is 9.59 Å². The maximum absolute atomic E-state index is 12.4. The number of hydrogen-bond donors (Lipinski definition) is 0. The number of aromatic nitrogens is 2. The van der Waals surface area contributed by atoms with Crippen LogP contribution < -0.4 is 5.56 Å². The maximum Gasteiger partial charge on any atom is 0.275 e. The average molecular weight is 299 g/mol. The summed E-state index contributed by atoms with van der Waals surface area (Å²) < 4.78 is 1.27. The normalized spacial score (nSPS) is 15.9. The topological polar surface area (TPSA) is 55.2 Å². The van der Waals surface area contributed by atoms with Gasteiger partial charge in [0.05, 0.1) is 11.6 Å². The Bertz CT molecular complexity index is 732. The highest BCUT2D eigenvalue weighted by Crippen LogP contribution is 2.21. The standard InChI is InChI=1S/C17H21N3O2/c1-19(14-8-3-2-4-9-14)16(21)12-20-17(22)15-10-6-5-7-13(15)11-18-20/h5-7,10-11,14H,2-4,8-9,12H2,1H3. The number of benzene rings is 1. The minimum Gasteiger partial charge on any atom is -0.341 e. The molecule has 2 aromatic rings. The van der Waals surface area contributed by atoms with Gasteiger partial charge in [0.25, 0.3) is 5.56 Å². The molecule has 0 atom stereocenters. The number of rotatable bonds is 3. The zero-order valence-corrected chi connectivity index (χ0v) is 12.9. The van der Waals surface area contributed by atoms with Crippen LogP contribution in [-0.4, -0.2) is 33.7 Å². The average Bonchev–Trinajstić information content (AvgIpc) is 2.57. The van der Waals surface area contributed by atoms with E-state index in [2.05, 4.69) is 5.10 Å². The van der Waals surface area contributed by atoms with E-state index in [4.69, 9.17) is 0 Å². The molecule has 0 unspecified atom stereocenters. The summed E-state index contributed by atoms with van der Waals surface area (Å²) in [6, 6.07) is 7.62. The van der Waals surface area contributed by atoms with Gasteiger partial charge in [-0.15, -0.1) is 0 Å². The predicted octanol–water partition coefficient (Wildman–Crippen LogP) is 2.19. The lowest BCUT2D eigenvalue weighted by Gasteiger charge is -2.31. The smallest absolute Gasteiger partial charge is 0.275 e. The molecule has 0 spiro atoms. The molecule has 1 amide bonds. The van der Waals surface area contributed by atoms with Gasteiger partial charge in [0, 0.05) is 18.5 Å². The molecule has 1 aliphatic rings. The van der Waals surface area contributed by atoms with Crippen molar-refractivity contribution in [3.05, 3.63) is 40.8 Å². The second kappa shape index (κ2) is 6.30. The fraction of sp³-hybridized carbons (Fsp3) is 0.471. The Kier molecular flexibility index (Phi) is 4.22. The zero-order valence-electron chi connectivity index (χ0n) is 12.9. The number of carbonyl (C=O) groups is 1. The molecule has 22 heavy (non-hydrogen) atoms. The first-order chi connectivity index (χ1) is 10.7. The van der Waals surface area contributed by atoms with Crippen LogP contribution >= 0.6 is 0 Å². The fourth-order valence-electron chi connectivity index (χ4n) is 3.15. The molecule has 0 radical (unpaired) electrons. The summed E-state index contributed by atoms with van der Waals surface area (Å²) in [6.45, 7) is 0.0106. The van der Waals surface area contributed by atoms with E-state index in [1.807, 2.05) is 25.2 Å². The number of amides is 1. The van der Waals surface area contributed by atoms with E-state index < -0.39 is 0 Å². The highest BCUT2D eigenvalue weighted by atomic mass is 16.2. The lowest BCUT2D eigenvalue weighted by Crippen LogP contribution is -2.41. The number of nitrogens with zero attached hydrogens (tertiary/aromatic N) is 3. The van der Waals surface area contributed by atoms with Crippen molar-refractivity contribution in [2.75, 3.05) is 7.05 Å². The van der Waals surface area contributed by atoms with Crippen LogP contribution in [0, 0.1) is 0 Å². The molecule has 116 valence electrons. The Morgan fingerprint density at radius 3 is 2.77 bits per heavy atom. The lowest BCUT2D eigenvalue weighted by atomic mass is 9.94. The van der Waals surface area contributed by atoms with Crippen molar-refractivity contribution >= 4 is 16.7 Å². The van der Waals surface area contributed by atoms with E-state index in [-0.39, 0.29) is 18.0 Å². The number of likely N-dealkylation sites (N-methyl/N-ethyl adjacent to an activating group) is 1. The van der Waals surface area contributed by atoms with Gasteiger partial charge in [-0.05, 0) is 18.9 Å². The third-order valence-corrected chi connectivity index (χ3v) is 4.56. The monoisotopic (exact) mass is 299 g/mol. The molecular formula is C17H21N3O2. The minimum atomic E-state index is -0.205. The summed E-state index contributed by atoms with van der Waals surface area (Å²) >= 11 is 0. The summed E-state index contributed by atoms with van der Waals surface area (Å²) in [6.07, 6.45) is 7.37. The van der Waals surface area contributed by atoms with Crippen molar-refractivity contribution in [1.82, 2.24) is 14.7 Å². The summed E-state index contributed by atoms with van der Waals surface area (Å²) in [5.41, 5.74) is -0.205. The quantitative estimate of drug-likeness (QED) is 0.873. The van der Waals surface area contributed by atoms with Crippen LogP contribution in [0.25, 0.3) is 10.8 Å². The van der Waals surface area contributed by atoms with E-state index in [1.54, 1.807) is 17.2 Å². The predicted molar refractivity (Wildman–Crippen MR) is 85.6 cm³/mol. The Balaban J connectivity index is 1.79. The van der Waals surface area contributed by atoms with Crippen molar-refractivity contribution in [2.24, 2.45) is 0 Å². The second-order valence-electron chi connectivity index (χ2n) is 5.99. The van der Waals surface area contributed by atoms with Crippen molar-refractivity contribution < 1.29 is 4.79 Å². The molecule has 1 heterocycles. The Morgan fingerprint density at radius 1 is 1.27 bits per heavy atom. The first-order valence-electron chi connectivity index (χ1n) is 7.87. The van der Waals surface area contributed by atoms with Gasteiger partial charge in [-0.2, -0.15) is 5.10 Å². The second-order valence-corrected chi connectivity index (χ2v) is 5.99. The lowest BCUT2D eigenvalue weighted by molar-refractivity contribution is -0.133. The van der Waals surface area contributed by atoms with Crippen LogP contribution in [0.1, 0.15) is 32.1 Å². The molecule has 1 saturated carbocycles. The van der Waals surface area contributed by atoms with Crippen LogP contribution in [0.15, 0.2) is 35.3 Å². The molecule has 3 rings (SSSR count). The number of carbonyl (C=O) groups excluding carboxylic acids is 1. The van der Waals surface area contributed by atoms with Gasteiger partial charge in [-0.1, -0.05) is 37.5 Å². The van der Waals surface area contributed by atoms with Crippen molar-refractivity contribution in [2.45, 2.75) is 44.7 Å². The van der Waals surface area contributed by atoms with E-state index in [1.165, 1.54) is 23.9 Å². The third kappa shape index (κ3) is 2.89. The number of hydrogen-bond acceptors (Lipinski definition) is 3. The van der Waals surface area contributed by atoms with Crippen molar-refractivity contribution in [3.63, 3.8) is 0 Å². The van der Waals surface area contributed by atoms with Crippen LogP contribution in [-0.2, 0) is 11.3 Å². The van der Waals surface area contributed by atoms with Crippen LogP contribution in [0.3, 0.4) is 0 Å². The van der Waals surface area contributed by atoms with Crippen molar-refractivity contribution in [1.29, 1.82) is 0 Å². The van der Waals surface area contributed by atoms with E-state index in [0.717, 1.165) is 18.2 Å². The fourth-order valence-corrected chi connectivity index (χ4v) is 3.15. The van der Waals surface area contributed by atoms with Gasteiger partial charge in [0.15, 0.2) is 0 Å². The first-order valence-corrected chi connectivity index (χ1v) is 7.87. The van der Waals surface area contributed by atoms with E-state index >= 15 is 0 Å². The third-order valence-electron chi connectivity index (χ3n) is 4.56. The van der Waals surface area contributed by atoms with Gasteiger partial charge < -0.3 is 4.90 Å². The molecule has 1 aromatic carbocycles. The minimum absolute atomic E-state index is 0.0106. The molecule has 0 aliphatic heterocycles. The SMILES string of the molecule is CN(C(=O)Cn1ncc2ccccc2c1=O)C1CCCCC1. The first kappa shape index (κ1) is 14.8. The van der Waals surface area contributed by atoms with Crippen LogP contribution in [0.2, 0.25) is 0 Å². The van der Waals surface area contributed by atoms with Gasteiger partial charge in [0.1, 0.15) is 6.54 Å². The summed E-state index contributed by atoms with van der Waals surface area (Å²) in [7, 11) is 1.84. The molecule has 0 N–H and O–H groups in total. The number of fused-ring (bicyclic) bond motifs is 1. The summed E-state index contributed by atoms with van der Waals surface area (Å²) in [5, 5.41) is 5.54. The van der Waals surface area contributed by atoms with Gasteiger partial charge in [-0.25, -0.2) is 4.68 Å². The van der Waals surface area contributed by atoms with Crippen molar-refractivity contribution in [3.8, 4) is 0 Å². The molecular weight excluding hydrogens is 278 g/mol. The highest BCUT2D eigenvalue weighted by molar-refractivity contribution is 5.81.